The van der Waals surface area contributed by atoms with Crippen LogP contribution in [0.25, 0.3) is 10.7 Å². The number of carbonyl (C=O) groups excluding carboxylic acids is 1. The van der Waals surface area contributed by atoms with Crippen LogP contribution in [0.1, 0.15) is 28.7 Å². The van der Waals surface area contributed by atoms with Gasteiger partial charge >= 0.3 is 0 Å². The van der Waals surface area contributed by atoms with Gasteiger partial charge in [-0.2, -0.15) is 0 Å². The number of hydrogen-bond acceptors (Lipinski definition) is 5. The number of halogens is 2. The smallest absolute Gasteiger partial charge is 0.266 e. The van der Waals surface area contributed by atoms with E-state index in [0.717, 1.165) is 29.4 Å². The van der Waals surface area contributed by atoms with E-state index in [0.29, 0.717) is 17.3 Å². The molecule has 1 saturated heterocycles. The number of nitrogens with two attached hydrogens (primary N) is 1. The summed E-state index contributed by atoms with van der Waals surface area (Å²) >= 11 is 1.42. The van der Waals surface area contributed by atoms with Crippen molar-refractivity contribution in [2.45, 2.75) is 26.3 Å². The standard InChI is InChI=1S/C16H20N4OS.2ClH/c1-10-7-12(8-17)9-20(10)16(21)14-11(2)19-15(22-14)13-5-3-4-6-18-13;;/h3-6,10,12H,7-9,17H2,1-2H3;2*1H. The van der Waals surface area contributed by atoms with Gasteiger partial charge in [0.05, 0.1) is 11.4 Å². The topological polar surface area (TPSA) is 72.1 Å². The summed E-state index contributed by atoms with van der Waals surface area (Å²) in [6, 6.07) is 5.94. The Hall–Kier alpha value is -1.21. The normalized spacial score (nSPS) is 19.5. The summed E-state index contributed by atoms with van der Waals surface area (Å²) in [6.45, 7) is 5.35. The Labute approximate surface area is 158 Å². The van der Waals surface area contributed by atoms with Crippen LogP contribution < -0.4 is 5.73 Å². The molecular formula is C16H22Cl2N4OS. The third kappa shape index (κ3) is 4.06. The van der Waals surface area contributed by atoms with Crippen LogP contribution in [0.5, 0.6) is 0 Å². The van der Waals surface area contributed by atoms with E-state index >= 15 is 0 Å². The first-order valence-electron chi connectivity index (χ1n) is 7.50. The van der Waals surface area contributed by atoms with Crippen LogP contribution in [0, 0.1) is 12.8 Å². The van der Waals surface area contributed by atoms with Crippen LogP contribution in [0.15, 0.2) is 24.4 Å². The van der Waals surface area contributed by atoms with Gasteiger partial charge in [-0.25, -0.2) is 4.98 Å². The first kappa shape index (κ1) is 20.8. The van der Waals surface area contributed by atoms with E-state index in [9.17, 15) is 4.79 Å². The van der Waals surface area contributed by atoms with Gasteiger partial charge in [-0.3, -0.25) is 9.78 Å². The predicted molar refractivity (Wildman–Crippen MR) is 102 cm³/mol. The summed E-state index contributed by atoms with van der Waals surface area (Å²) in [5.74, 6) is 0.475. The van der Waals surface area contributed by atoms with E-state index in [2.05, 4.69) is 16.9 Å². The molecule has 0 radical (unpaired) electrons. The molecule has 1 fully saturated rings. The van der Waals surface area contributed by atoms with E-state index in [1.165, 1.54) is 11.3 Å². The number of amides is 1. The molecule has 0 aromatic carbocycles. The maximum Gasteiger partial charge on any atom is 0.266 e. The molecule has 0 bridgehead atoms. The number of hydrogen-bond donors (Lipinski definition) is 1. The lowest BCUT2D eigenvalue weighted by Gasteiger charge is -2.20. The molecule has 1 aliphatic heterocycles. The Balaban J connectivity index is 0.00000144. The van der Waals surface area contributed by atoms with Crippen LogP contribution in [0.3, 0.4) is 0 Å². The van der Waals surface area contributed by atoms with Gasteiger partial charge in [-0.1, -0.05) is 6.07 Å². The number of aromatic nitrogens is 2. The summed E-state index contributed by atoms with van der Waals surface area (Å²) < 4.78 is 0. The summed E-state index contributed by atoms with van der Waals surface area (Å²) in [7, 11) is 0. The van der Waals surface area contributed by atoms with Crippen molar-refractivity contribution < 1.29 is 4.79 Å². The van der Waals surface area contributed by atoms with Gasteiger partial charge in [0.25, 0.3) is 5.91 Å². The van der Waals surface area contributed by atoms with Gasteiger partial charge < -0.3 is 10.6 Å². The molecule has 0 aliphatic carbocycles. The second kappa shape index (κ2) is 8.76. The highest BCUT2D eigenvalue weighted by atomic mass is 35.5. The third-order valence-corrected chi connectivity index (χ3v) is 5.30. The van der Waals surface area contributed by atoms with Gasteiger partial charge in [0.2, 0.25) is 0 Å². The van der Waals surface area contributed by atoms with Crippen molar-refractivity contribution in [2.75, 3.05) is 13.1 Å². The zero-order valence-electron chi connectivity index (χ0n) is 13.6. The largest absolute Gasteiger partial charge is 0.335 e. The minimum Gasteiger partial charge on any atom is -0.335 e. The zero-order valence-corrected chi connectivity index (χ0v) is 16.1. The fourth-order valence-corrected chi connectivity index (χ4v) is 3.92. The summed E-state index contributed by atoms with van der Waals surface area (Å²) in [4.78, 5) is 24.3. The Bertz CT molecular complexity index is 680. The number of thiazole rings is 1. The fraction of sp³-hybridized carbons (Fsp3) is 0.438. The van der Waals surface area contributed by atoms with Crippen LogP contribution in [-0.4, -0.2) is 39.9 Å². The summed E-state index contributed by atoms with van der Waals surface area (Å²) in [5, 5.41) is 0.795. The number of nitrogens with zero attached hydrogens (tertiary/aromatic N) is 3. The minimum absolute atomic E-state index is 0. The minimum atomic E-state index is 0. The molecule has 132 valence electrons. The lowest BCUT2D eigenvalue weighted by molar-refractivity contribution is 0.0747. The lowest BCUT2D eigenvalue weighted by atomic mass is 10.1. The maximum atomic E-state index is 12.8. The van der Waals surface area contributed by atoms with Crippen molar-refractivity contribution in [1.82, 2.24) is 14.9 Å². The maximum absolute atomic E-state index is 12.8. The number of aryl methyl sites for hydroxylation is 1. The molecule has 0 saturated carbocycles. The zero-order chi connectivity index (χ0) is 15.7. The average molecular weight is 389 g/mol. The highest BCUT2D eigenvalue weighted by Gasteiger charge is 2.33. The van der Waals surface area contributed by atoms with Crippen molar-refractivity contribution in [1.29, 1.82) is 0 Å². The predicted octanol–water partition coefficient (Wildman–Crippen LogP) is 3.17. The van der Waals surface area contributed by atoms with Crippen molar-refractivity contribution in [3.63, 3.8) is 0 Å². The SMILES string of the molecule is Cc1nc(-c2ccccn2)sc1C(=O)N1CC(CN)CC1C.Cl.Cl. The number of rotatable bonds is 3. The molecular weight excluding hydrogens is 367 g/mol. The fourth-order valence-electron chi connectivity index (χ4n) is 2.92. The van der Waals surface area contributed by atoms with E-state index in [4.69, 9.17) is 5.73 Å². The van der Waals surface area contributed by atoms with E-state index in [1.54, 1.807) is 6.20 Å². The highest BCUT2D eigenvalue weighted by Crippen LogP contribution is 2.30. The second-order valence-corrected chi connectivity index (χ2v) is 6.79. The van der Waals surface area contributed by atoms with Gasteiger partial charge in [0.15, 0.2) is 0 Å². The van der Waals surface area contributed by atoms with Gasteiger partial charge in [-0.05, 0) is 44.9 Å². The first-order chi connectivity index (χ1) is 10.6. The molecule has 2 atom stereocenters. The number of pyridine rings is 1. The number of carbonyl (C=O) groups is 1. The van der Waals surface area contributed by atoms with Crippen molar-refractivity contribution in [3.8, 4) is 10.7 Å². The van der Waals surface area contributed by atoms with Gasteiger partial charge in [0.1, 0.15) is 9.88 Å². The van der Waals surface area contributed by atoms with Crippen molar-refractivity contribution >= 4 is 42.1 Å². The number of likely N-dealkylation sites (tertiary alicyclic amines) is 1. The lowest BCUT2D eigenvalue weighted by Crippen LogP contribution is -2.34. The Kier molecular flexibility index (Phi) is 7.60. The molecule has 2 aromatic rings. The molecule has 3 rings (SSSR count). The Morgan fingerprint density at radius 2 is 2.17 bits per heavy atom. The van der Waals surface area contributed by atoms with Crippen molar-refractivity contribution in [3.05, 3.63) is 35.0 Å². The second-order valence-electron chi connectivity index (χ2n) is 5.79. The molecule has 2 unspecified atom stereocenters. The summed E-state index contributed by atoms with van der Waals surface area (Å²) in [6.07, 6.45) is 2.72. The average Bonchev–Trinajstić information content (AvgIpc) is 3.10. The van der Waals surface area contributed by atoms with Gasteiger partial charge in [0, 0.05) is 18.8 Å². The van der Waals surface area contributed by atoms with E-state index in [1.807, 2.05) is 30.0 Å². The molecule has 5 nitrogen and oxygen atoms in total. The third-order valence-electron chi connectivity index (χ3n) is 4.13. The van der Waals surface area contributed by atoms with Crippen LogP contribution in [0.4, 0.5) is 0 Å². The van der Waals surface area contributed by atoms with Crippen LogP contribution in [0.2, 0.25) is 0 Å². The Morgan fingerprint density at radius 3 is 2.75 bits per heavy atom. The van der Waals surface area contributed by atoms with Crippen molar-refractivity contribution in [2.24, 2.45) is 11.7 Å². The molecule has 24 heavy (non-hydrogen) atoms. The van der Waals surface area contributed by atoms with E-state index < -0.39 is 0 Å². The van der Waals surface area contributed by atoms with E-state index in [-0.39, 0.29) is 36.8 Å². The van der Waals surface area contributed by atoms with Crippen LogP contribution in [-0.2, 0) is 0 Å². The van der Waals surface area contributed by atoms with Crippen LogP contribution >= 0.6 is 36.2 Å². The van der Waals surface area contributed by atoms with Gasteiger partial charge in [-0.15, -0.1) is 36.2 Å². The monoisotopic (exact) mass is 388 g/mol. The highest BCUT2D eigenvalue weighted by molar-refractivity contribution is 7.17. The molecule has 2 N–H and O–H groups in total. The molecule has 2 aromatic heterocycles. The molecule has 3 heterocycles. The molecule has 1 amide bonds. The Morgan fingerprint density at radius 1 is 1.42 bits per heavy atom. The first-order valence-corrected chi connectivity index (χ1v) is 8.31. The molecule has 0 spiro atoms. The molecule has 1 aliphatic rings. The summed E-state index contributed by atoms with van der Waals surface area (Å²) in [5.41, 5.74) is 7.34. The quantitative estimate of drug-likeness (QED) is 0.875. The molecule has 8 heteroatoms.